The lowest BCUT2D eigenvalue weighted by atomic mass is 10.1. The molecule has 1 aromatic heterocycles. The van der Waals surface area contributed by atoms with E-state index in [1.54, 1.807) is 0 Å². The van der Waals surface area contributed by atoms with E-state index in [2.05, 4.69) is 43.0 Å². The third-order valence-corrected chi connectivity index (χ3v) is 3.34. The molecule has 1 N–H and O–H groups in total. The second-order valence-corrected chi connectivity index (χ2v) is 5.27. The van der Waals surface area contributed by atoms with Gasteiger partial charge in [-0.2, -0.15) is 0 Å². The van der Waals surface area contributed by atoms with E-state index in [0.717, 1.165) is 43.2 Å². The fourth-order valence-corrected chi connectivity index (χ4v) is 2.25. The summed E-state index contributed by atoms with van der Waals surface area (Å²) in [5.74, 6) is 0.857. The molecular weight excluding hydrogens is 226 g/mol. The Morgan fingerprint density at radius 1 is 1.28 bits per heavy atom. The molecule has 1 aliphatic heterocycles. The highest BCUT2D eigenvalue weighted by molar-refractivity contribution is 5.24. The monoisotopic (exact) mass is 249 g/mol. The number of hydrogen-bond acceptors (Lipinski definition) is 4. The molecule has 0 bridgehead atoms. The van der Waals surface area contributed by atoms with Crippen LogP contribution in [0.5, 0.6) is 0 Å². The minimum Gasteiger partial charge on any atom is -0.370 e. The molecule has 0 spiro atoms. The van der Waals surface area contributed by atoms with Crippen LogP contribution in [0.4, 0.5) is 0 Å². The van der Waals surface area contributed by atoms with Crippen molar-refractivity contribution in [3.63, 3.8) is 0 Å². The predicted molar refractivity (Wildman–Crippen MR) is 71.4 cm³/mol. The van der Waals surface area contributed by atoms with Crippen LogP contribution in [-0.2, 0) is 11.3 Å². The minimum absolute atomic E-state index is 0.106. The highest BCUT2D eigenvalue weighted by Crippen LogP contribution is 2.26. The number of rotatable bonds is 4. The summed E-state index contributed by atoms with van der Waals surface area (Å²) in [6, 6.07) is 0.474. The number of ether oxygens (including phenoxy) is 1. The maximum atomic E-state index is 5.65. The van der Waals surface area contributed by atoms with Gasteiger partial charge in [0.05, 0.1) is 0 Å². The first-order valence-corrected chi connectivity index (χ1v) is 6.77. The molecule has 0 aliphatic carbocycles. The molecule has 0 saturated carbocycles. The van der Waals surface area contributed by atoms with Gasteiger partial charge in [0.1, 0.15) is 6.10 Å². The van der Waals surface area contributed by atoms with Gasteiger partial charge in [-0.15, -0.1) is 0 Å². The Labute approximate surface area is 109 Å². The molecule has 1 atom stereocenters. The van der Waals surface area contributed by atoms with Crippen LogP contribution in [-0.4, -0.2) is 22.6 Å². The summed E-state index contributed by atoms with van der Waals surface area (Å²) in [4.78, 5) is 9.24. The summed E-state index contributed by atoms with van der Waals surface area (Å²) >= 11 is 0. The lowest BCUT2D eigenvalue weighted by Crippen LogP contribution is -2.24. The largest absolute Gasteiger partial charge is 0.370 e. The molecule has 100 valence electrons. The van der Waals surface area contributed by atoms with Gasteiger partial charge in [-0.3, -0.25) is 0 Å². The van der Waals surface area contributed by atoms with Gasteiger partial charge in [0.15, 0.2) is 5.82 Å². The summed E-state index contributed by atoms with van der Waals surface area (Å²) in [7, 11) is 0. The van der Waals surface area contributed by atoms with E-state index in [0.29, 0.717) is 6.04 Å². The van der Waals surface area contributed by atoms with Crippen LogP contribution in [0.25, 0.3) is 0 Å². The average molecular weight is 249 g/mol. The first-order chi connectivity index (χ1) is 8.58. The zero-order valence-electron chi connectivity index (χ0n) is 11.8. The number of hydrogen-bond donors (Lipinski definition) is 1. The minimum atomic E-state index is 0.106. The zero-order chi connectivity index (χ0) is 13.1. The zero-order valence-corrected chi connectivity index (χ0v) is 11.8. The van der Waals surface area contributed by atoms with Crippen molar-refractivity contribution >= 4 is 0 Å². The molecule has 1 aliphatic rings. The molecular formula is C14H23N3O. The van der Waals surface area contributed by atoms with Gasteiger partial charge >= 0.3 is 0 Å². The van der Waals surface area contributed by atoms with E-state index >= 15 is 0 Å². The molecule has 1 fully saturated rings. The van der Waals surface area contributed by atoms with E-state index in [-0.39, 0.29) is 6.10 Å². The van der Waals surface area contributed by atoms with Gasteiger partial charge in [0.25, 0.3) is 0 Å². The molecule has 0 radical (unpaired) electrons. The Morgan fingerprint density at radius 3 is 2.44 bits per heavy atom. The van der Waals surface area contributed by atoms with Crippen molar-refractivity contribution in [1.82, 2.24) is 15.3 Å². The lowest BCUT2D eigenvalue weighted by molar-refractivity contribution is 0.104. The summed E-state index contributed by atoms with van der Waals surface area (Å²) in [5, 5.41) is 3.42. The maximum absolute atomic E-state index is 5.65. The van der Waals surface area contributed by atoms with Crippen LogP contribution < -0.4 is 5.32 Å². The maximum Gasteiger partial charge on any atom is 0.157 e. The van der Waals surface area contributed by atoms with Crippen molar-refractivity contribution in [2.75, 3.05) is 6.61 Å². The smallest absolute Gasteiger partial charge is 0.157 e. The van der Waals surface area contributed by atoms with Crippen LogP contribution >= 0.6 is 0 Å². The molecule has 2 heterocycles. The van der Waals surface area contributed by atoms with E-state index in [4.69, 9.17) is 4.74 Å². The van der Waals surface area contributed by atoms with Gasteiger partial charge < -0.3 is 10.1 Å². The number of aryl methyl sites for hydroxylation is 2. The van der Waals surface area contributed by atoms with Gasteiger partial charge in [-0.25, -0.2) is 9.97 Å². The molecule has 1 aromatic rings. The molecule has 1 unspecified atom stereocenters. The van der Waals surface area contributed by atoms with Crippen LogP contribution in [0.2, 0.25) is 0 Å². The first kappa shape index (κ1) is 13.4. The molecule has 4 nitrogen and oxygen atoms in total. The van der Waals surface area contributed by atoms with E-state index in [1.807, 2.05) is 0 Å². The van der Waals surface area contributed by atoms with Crippen LogP contribution in [0.3, 0.4) is 0 Å². The highest BCUT2D eigenvalue weighted by Gasteiger charge is 2.22. The number of nitrogens with one attached hydrogen (secondary N) is 1. The summed E-state index contributed by atoms with van der Waals surface area (Å²) in [6.45, 7) is 10.1. The summed E-state index contributed by atoms with van der Waals surface area (Å²) in [6.07, 6.45) is 2.26. The Hall–Kier alpha value is -1.00. The van der Waals surface area contributed by atoms with Gasteiger partial charge in [-0.05, 0) is 26.7 Å². The van der Waals surface area contributed by atoms with Crippen molar-refractivity contribution in [3.8, 4) is 0 Å². The quantitative estimate of drug-likeness (QED) is 0.890. The van der Waals surface area contributed by atoms with Crippen molar-refractivity contribution in [3.05, 3.63) is 22.8 Å². The molecule has 2 rings (SSSR count). The second-order valence-electron chi connectivity index (χ2n) is 5.27. The SMILES string of the molecule is Cc1nc(C2CCCO2)nc(C)c1CNC(C)C. The molecule has 0 aromatic carbocycles. The Kier molecular flexibility index (Phi) is 4.30. The standard InChI is InChI=1S/C14H23N3O/c1-9(2)15-8-12-10(3)16-14(17-11(12)4)13-6-5-7-18-13/h9,13,15H,5-8H2,1-4H3. The third-order valence-electron chi connectivity index (χ3n) is 3.34. The number of nitrogens with zero attached hydrogens (tertiary/aromatic N) is 2. The van der Waals surface area contributed by atoms with E-state index < -0.39 is 0 Å². The number of aromatic nitrogens is 2. The van der Waals surface area contributed by atoms with Crippen LogP contribution in [0.1, 0.15) is 55.6 Å². The topological polar surface area (TPSA) is 47.0 Å². The van der Waals surface area contributed by atoms with E-state index in [1.165, 1.54) is 5.56 Å². The normalized spacial score (nSPS) is 19.7. The van der Waals surface area contributed by atoms with E-state index in [9.17, 15) is 0 Å². The highest BCUT2D eigenvalue weighted by atomic mass is 16.5. The van der Waals surface area contributed by atoms with Crippen molar-refractivity contribution < 1.29 is 4.74 Å². The Morgan fingerprint density at radius 2 is 1.94 bits per heavy atom. The molecule has 0 amide bonds. The van der Waals surface area contributed by atoms with Crippen molar-refractivity contribution in [1.29, 1.82) is 0 Å². The Balaban J connectivity index is 2.17. The molecule has 4 heteroatoms. The Bertz CT molecular complexity index is 388. The summed E-state index contributed by atoms with van der Waals surface area (Å²) in [5.41, 5.74) is 3.35. The fourth-order valence-electron chi connectivity index (χ4n) is 2.25. The van der Waals surface area contributed by atoms with Crippen LogP contribution in [0.15, 0.2) is 0 Å². The van der Waals surface area contributed by atoms with Crippen LogP contribution in [0, 0.1) is 13.8 Å². The van der Waals surface area contributed by atoms with Crippen molar-refractivity contribution in [2.45, 2.75) is 59.2 Å². The third kappa shape index (κ3) is 3.06. The van der Waals surface area contributed by atoms with Gasteiger partial charge in [0.2, 0.25) is 0 Å². The fraction of sp³-hybridized carbons (Fsp3) is 0.714. The average Bonchev–Trinajstić information content (AvgIpc) is 2.80. The lowest BCUT2D eigenvalue weighted by Gasteiger charge is -2.15. The second kappa shape index (κ2) is 5.76. The predicted octanol–water partition coefficient (Wildman–Crippen LogP) is 2.44. The van der Waals surface area contributed by atoms with Gasteiger partial charge in [0, 0.05) is 36.1 Å². The van der Waals surface area contributed by atoms with Crippen molar-refractivity contribution in [2.24, 2.45) is 0 Å². The molecule has 1 saturated heterocycles. The first-order valence-electron chi connectivity index (χ1n) is 6.77. The summed E-state index contributed by atoms with van der Waals surface area (Å²) < 4.78 is 5.65. The van der Waals surface area contributed by atoms with Gasteiger partial charge in [-0.1, -0.05) is 13.8 Å². The molecule has 18 heavy (non-hydrogen) atoms.